The van der Waals surface area contributed by atoms with Crippen LogP contribution < -0.4 is 5.32 Å². The van der Waals surface area contributed by atoms with Crippen LogP contribution in [0.1, 0.15) is 10.4 Å². The van der Waals surface area contributed by atoms with E-state index in [0.717, 1.165) is 17.4 Å². The van der Waals surface area contributed by atoms with E-state index < -0.39 is 16.6 Å². The third-order valence-electron chi connectivity index (χ3n) is 2.87. The minimum absolute atomic E-state index is 0.0536. The number of nitro groups is 1. The molecular formula is C13H8FN5O3S. The van der Waals surface area contributed by atoms with Gasteiger partial charge in [0.2, 0.25) is 5.95 Å². The highest BCUT2D eigenvalue weighted by molar-refractivity contribution is 7.13. The van der Waals surface area contributed by atoms with E-state index in [0.29, 0.717) is 0 Å². The molecule has 10 heteroatoms. The Kier molecular flexibility index (Phi) is 3.81. The average molecular weight is 333 g/mol. The molecule has 3 aromatic rings. The molecule has 2 N–H and O–H groups in total. The number of halogens is 1. The number of amides is 1. The van der Waals surface area contributed by atoms with Crippen LogP contribution in [0.3, 0.4) is 0 Å². The molecule has 0 saturated heterocycles. The number of carbonyl (C=O) groups excluding carboxylic acids is 1. The summed E-state index contributed by atoms with van der Waals surface area (Å²) in [6.45, 7) is 0. The summed E-state index contributed by atoms with van der Waals surface area (Å²) in [5.74, 6) is -0.958. The highest BCUT2D eigenvalue weighted by Crippen LogP contribution is 2.23. The summed E-state index contributed by atoms with van der Waals surface area (Å²) in [7, 11) is 0. The Balaban J connectivity index is 1.77. The van der Waals surface area contributed by atoms with Gasteiger partial charge in [-0.05, 0) is 12.1 Å². The first kappa shape index (κ1) is 14.8. The van der Waals surface area contributed by atoms with E-state index in [-0.39, 0.29) is 27.9 Å². The van der Waals surface area contributed by atoms with Crippen molar-refractivity contribution in [1.29, 1.82) is 0 Å². The van der Waals surface area contributed by atoms with Crippen molar-refractivity contribution in [2.45, 2.75) is 0 Å². The van der Waals surface area contributed by atoms with Crippen LogP contribution in [0.2, 0.25) is 0 Å². The van der Waals surface area contributed by atoms with Gasteiger partial charge in [-0.2, -0.15) is 4.98 Å². The molecule has 8 nitrogen and oxygen atoms in total. The van der Waals surface area contributed by atoms with Crippen molar-refractivity contribution in [3.05, 3.63) is 57.2 Å². The molecule has 0 radical (unpaired) electrons. The highest BCUT2D eigenvalue weighted by atomic mass is 32.1. The standard InChI is InChI=1S/C13H8FN5O3S/c14-9-4-2-1-3-8(9)11-15-13(18-17-11)16-12(20)7-5-10(19(21)22)23-6-7/h1-6H,(H2,15,16,17,18,20). The number of aromatic amines is 1. The van der Waals surface area contributed by atoms with Crippen molar-refractivity contribution in [2.75, 3.05) is 5.32 Å². The van der Waals surface area contributed by atoms with Gasteiger partial charge >= 0.3 is 5.00 Å². The Morgan fingerprint density at radius 3 is 2.87 bits per heavy atom. The summed E-state index contributed by atoms with van der Waals surface area (Å²) in [5, 5.41) is 20.5. The van der Waals surface area contributed by atoms with Gasteiger partial charge in [-0.25, -0.2) is 4.39 Å². The first-order chi connectivity index (χ1) is 11.0. The van der Waals surface area contributed by atoms with Crippen LogP contribution >= 0.6 is 11.3 Å². The molecular weight excluding hydrogens is 325 g/mol. The molecule has 0 aliphatic heterocycles. The number of thiophene rings is 1. The predicted octanol–water partition coefficient (Wildman–Crippen LogP) is 2.83. The number of aromatic nitrogens is 3. The Morgan fingerprint density at radius 1 is 1.39 bits per heavy atom. The molecule has 1 amide bonds. The number of hydrogen-bond acceptors (Lipinski definition) is 6. The number of carbonyl (C=O) groups is 1. The third-order valence-corrected chi connectivity index (χ3v) is 3.75. The molecule has 2 heterocycles. The van der Waals surface area contributed by atoms with Crippen LogP contribution in [0.5, 0.6) is 0 Å². The molecule has 0 unspecified atom stereocenters. The van der Waals surface area contributed by atoms with Gasteiger partial charge in [-0.15, -0.1) is 5.10 Å². The molecule has 0 atom stereocenters. The maximum Gasteiger partial charge on any atom is 0.324 e. The molecule has 3 rings (SSSR count). The highest BCUT2D eigenvalue weighted by Gasteiger charge is 2.17. The maximum atomic E-state index is 13.7. The summed E-state index contributed by atoms with van der Waals surface area (Å²) < 4.78 is 13.7. The minimum atomic E-state index is -0.589. The van der Waals surface area contributed by atoms with Gasteiger partial charge in [-0.3, -0.25) is 25.3 Å². The second kappa shape index (κ2) is 5.93. The van der Waals surface area contributed by atoms with Crippen molar-refractivity contribution >= 4 is 28.2 Å². The van der Waals surface area contributed by atoms with Gasteiger partial charge in [0, 0.05) is 11.4 Å². The molecule has 0 aliphatic carbocycles. The zero-order valence-corrected chi connectivity index (χ0v) is 12.1. The second-order valence-corrected chi connectivity index (χ2v) is 5.26. The molecule has 0 saturated carbocycles. The van der Waals surface area contributed by atoms with E-state index >= 15 is 0 Å². The topological polar surface area (TPSA) is 114 Å². The molecule has 2 aromatic heterocycles. The summed E-state index contributed by atoms with van der Waals surface area (Å²) in [5.41, 5.74) is 0.339. The van der Waals surface area contributed by atoms with E-state index in [1.807, 2.05) is 0 Å². The van der Waals surface area contributed by atoms with Gasteiger partial charge in [0.1, 0.15) is 5.82 Å². The lowest BCUT2D eigenvalue weighted by Crippen LogP contribution is -2.12. The molecule has 0 fully saturated rings. The van der Waals surface area contributed by atoms with Gasteiger partial charge in [-0.1, -0.05) is 23.5 Å². The Labute approximate surface area is 132 Å². The first-order valence-electron chi connectivity index (χ1n) is 6.26. The quantitative estimate of drug-likeness (QED) is 0.563. The van der Waals surface area contributed by atoms with E-state index in [1.165, 1.54) is 17.5 Å². The van der Waals surface area contributed by atoms with E-state index in [2.05, 4.69) is 20.5 Å². The normalized spacial score (nSPS) is 10.5. The number of nitrogens with zero attached hydrogens (tertiary/aromatic N) is 3. The maximum absolute atomic E-state index is 13.7. The Hall–Kier alpha value is -3.14. The van der Waals surface area contributed by atoms with Crippen molar-refractivity contribution in [3.8, 4) is 11.4 Å². The lowest BCUT2D eigenvalue weighted by atomic mass is 10.2. The van der Waals surface area contributed by atoms with Crippen molar-refractivity contribution in [2.24, 2.45) is 0 Å². The Bertz CT molecular complexity index is 891. The number of rotatable bonds is 4. The SMILES string of the molecule is O=C(Nc1n[nH]c(-c2ccccc2F)n1)c1csc([N+](=O)[O-])c1. The van der Waals surface area contributed by atoms with Gasteiger partial charge in [0.15, 0.2) is 5.82 Å². The zero-order valence-electron chi connectivity index (χ0n) is 11.3. The fraction of sp³-hybridized carbons (Fsp3) is 0. The predicted molar refractivity (Wildman–Crippen MR) is 80.7 cm³/mol. The third kappa shape index (κ3) is 3.06. The van der Waals surface area contributed by atoms with Crippen molar-refractivity contribution in [3.63, 3.8) is 0 Å². The molecule has 0 spiro atoms. The van der Waals surface area contributed by atoms with Crippen molar-refractivity contribution < 1.29 is 14.1 Å². The number of hydrogen-bond donors (Lipinski definition) is 2. The lowest BCUT2D eigenvalue weighted by molar-refractivity contribution is -0.380. The second-order valence-electron chi connectivity index (χ2n) is 4.37. The largest absolute Gasteiger partial charge is 0.324 e. The molecule has 0 aliphatic rings. The van der Waals surface area contributed by atoms with E-state index in [1.54, 1.807) is 12.1 Å². The number of benzene rings is 1. The van der Waals surface area contributed by atoms with Gasteiger partial charge in [0.25, 0.3) is 5.91 Å². The van der Waals surface area contributed by atoms with Gasteiger partial charge in [0.05, 0.1) is 16.1 Å². The average Bonchev–Trinajstić information content (AvgIpc) is 3.16. The van der Waals surface area contributed by atoms with Crippen LogP contribution in [0.25, 0.3) is 11.4 Å². The van der Waals surface area contributed by atoms with Crippen LogP contribution in [-0.4, -0.2) is 26.0 Å². The summed E-state index contributed by atoms with van der Waals surface area (Å²) in [6, 6.07) is 7.14. The van der Waals surface area contributed by atoms with E-state index in [9.17, 15) is 19.3 Å². The summed E-state index contributed by atoms with van der Waals surface area (Å²) in [4.78, 5) is 26.0. The number of H-pyrrole nitrogens is 1. The Morgan fingerprint density at radius 2 is 2.17 bits per heavy atom. The van der Waals surface area contributed by atoms with Crippen LogP contribution in [0.15, 0.2) is 35.7 Å². The number of nitrogens with one attached hydrogen (secondary N) is 2. The summed E-state index contributed by atoms with van der Waals surface area (Å²) in [6.07, 6.45) is 0. The monoisotopic (exact) mass is 333 g/mol. The van der Waals surface area contributed by atoms with Gasteiger partial charge < -0.3 is 0 Å². The lowest BCUT2D eigenvalue weighted by Gasteiger charge is -1.97. The molecule has 0 bridgehead atoms. The first-order valence-corrected chi connectivity index (χ1v) is 7.14. The van der Waals surface area contributed by atoms with Crippen LogP contribution in [0.4, 0.5) is 15.3 Å². The summed E-state index contributed by atoms with van der Waals surface area (Å²) >= 11 is 0.842. The molecule has 116 valence electrons. The minimum Gasteiger partial charge on any atom is -0.289 e. The zero-order chi connectivity index (χ0) is 16.4. The smallest absolute Gasteiger partial charge is 0.289 e. The number of anilines is 1. The van der Waals surface area contributed by atoms with Crippen LogP contribution in [0, 0.1) is 15.9 Å². The van der Waals surface area contributed by atoms with Crippen LogP contribution in [-0.2, 0) is 0 Å². The van der Waals surface area contributed by atoms with E-state index in [4.69, 9.17) is 0 Å². The van der Waals surface area contributed by atoms with Crippen molar-refractivity contribution in [1.82, 2.24) is 15.2 Å². The molecule has 1 aromatic carbocycles. The fourth-order valence-corrected chi connectivity index (χ4v) is 2.51. The fourth-order valence-electron chi connectivity index (χ4n) is 1.80. The molecule has 23 heavy (non-hydrogen) atoms.